The van der Waals surface area contributed by atoms with E-state index in [4.69, 9.17) is 5.73 Å². The maximum absolute atomic E-state index is 10.5. The molecule has 6 heteroatoms. The van der Waals surface area contributed by atoms with Crippen LogP contribution in [0.15, 0.2) is 30.4 Å². The molecule has 86 valence electrons. The zero-order valence-corrected chi connectivity index (χ0v) is 10.7. The third kappa shape index (κ3) is 3.78. The van der Waals surface area contributed by atoms with Gasteiger partial charge in [-0.1, -0.05) is 12.2 Å². The minimum atomic E-state index is -0.403. The van der Waals surface area contributed by atoms with Crippen molar-refractivity contribution in [1.82, 2.24) is 0 Å². The van der Waals surface area contributed by atoms with Crippen LogP contribution in [-0.4, -0.2) is 18.0 Å². The maximum Gasteiger partial charge on any atom is 0.270 e. The van der Waals surface area contributed by atoms with Gasteiger partial charge in [-0.2, -0.15) is 0 Å². The highest BCUT2D eigenvalue weighted by molar-refractivity contribution is 14.1. The van der Waals surface area contributed by atoms with Crippen LogP contribution < -0.4 is 11.1 Å². The molecule has 1 aromatic carbocycles. The second kappa shape index (κ2) is 6.44. The number of nitrogens with one attached hydrogen (secondary N) is 1. The lowest BCUT2D eigenvalue weighted by Crippen LogP contribution is -2.02. The highest BCUT2D eigenvalue weighted by atomic mass is 127. The van der Waals surface area contributed by atoms with Crippen molar-refractivity contribution in [1.29, 1.82) is 0 Å². The van der Waals surface area contributed by atoms with Gasteiger partial charge in [-0.25, -0.2) is 0 Å². The molecule has 0 fully saturated rings. The Morgan fingerprint density at radius 2 is 2.25 bits per heavy atom. The first-order valence-corrected chi connectivity index (χ1v) is 5.76. The summed E-state index contributed by atoms with van der Waals surface area (Å²) in [4.78, 5) is 10.1. The molecule has 0 aliphatic heterocycles. The molecule has 0 saturated heterocycles. The number of anilines is 1. The smallest absolute Gasteiger partial charge is 0.270 e. The number of nitro benzene ring substituents is 1. The van der Waals surface area contributed by atoms with Crippen molar-refractivity contribution in [2.24, 2.45) is 5.73 Å². The Labute approximate surface area is 107 Å². The van der Waals surface area contributed by atoms with Crippen LogP contribution in [0.1, 0.15) is 0 Å². The molecule has 0 aliphatic carbocycles. The topological polar surface area (TPSA) is 81.2 Å². The molecule has 0 aromatic heterocycles. The summed E-state index contributed by atoms with van der Waals surface area (Å²) in [7, 11) is 0. The summed E-state index contributed by atoms with van der Waals surface area (Å²) in [6.07, 6.45) is 3.77. The van der Waals surface area contributed by atoms with Crippen LogP contribution >= 0.6 is 22.6 Å². The Hall–Kier alpha value is -1.15. The van der Waals surface area contributed by atoms with Gasteiger partial charge < -0.3 is 11.1 Å². The first kappa shape index (κ1) is 12.9. The van der Waals surface area contributed by atoms with Crippen LogP contribution in [-0.2, 0) is 0 Å². The molecule has 1 rings (SSSR count). The van der Waals surface area contributed by atoms with E-state index in [9.17, 15) is 10.1 Å². The van der Waals surface area contributed by atoms with Gasteiger partial charge in [0.15, 0.2) is 0 Å². The Kier molecular flexibility index (Phi) is 5.20. The number of non-ortho nitro benzene ring substituents is 1. The van der Waals surface area contributed by atoms with E-state index in [2.05, 4.69) is 27.9 Å². The molecule has 0 radical (unpaired) electrons. The average Bonchev–Trinajstić information content (AvgIpc) is 2.26. The lowest BCUT2D eigenvalue weighted by molar-refractivity contribution is -0.384. The van der Waals surface area contributed by atoms with Gasteiger partial charge >= 0.3 is 0 Å². The Morgan fingerprint density at radius 3 is 2.81 bits per heavy atom. The number of benzene rings is 1. The van der Waals surface area contributed by atoms with E-state index in [-0.39, 0.29) is 5.69 Å². The van der Waals surface area contributed by atoms with Gasteiger partial charge in [0.1, 0.15) is 0 Å². The van der Waals surface area contributed by atoms with Crippen LogP contribution in [0.2, 0.25) is 0 Å². The monoisotopic (exact) mass is 333 g/mol. The van der Waals surface area contributed by atoms with Gasteiger partial charge in [0.2, 0.25) is 0 Å². The van der Waals surface area contributed by atoms with Gasteiger partial charge in [-0.3, -0.25) is 10.1 Å². The fourth-order valence-electron chi connectivity index (χ4n) is 1.11. The summed E-state index contributed by atoms with van der Waals surface area (Å²) in [5.74, 6) is 0. The quantitative estimate of drug-likeness (QED) is 0.374. The lowest BCUT2D eigenvalue weighted by atomic mass is 10.3. The molecule has 0 heterocycles. The summed E-state index contributed by atoms with van der Waals surface area (Å²) in [6, 6.07) is 4.73. The van der Waals surface area contributed by atoms with Crippen molar-refractivity contribution in [3.8, 4) is 0 Å². The highest BCUT2D eigenvalue weighted by Gasteiger charge is 2.07. The second-order valence-electron chi connectivity index (χ2n) is 3.01. The number of nitro groups is 1. The number of halogens is 1. The first-order chi connectivity index (χ1) is 7.65. The summed E-state index contributed by atoms with van der Waals surface area (Å²) >= 11 is 2.06. The maximum atomic E-state index is 10.5. The summed E-state index contributed by atoms with van der Waals surface area (Å²) < 4.78 is 0.827. The molecule has 0 spiro atoms. The molecule has 5 nitrogen and oxygen atoms in total. The van der Waals surface area contributed by atoms with Crippen LogP contribution in [0.4, 0.5) is 11.4 Å². The van der Waals surface area contributed by atoms with Gasteiger partial charge in [0.05, 0.1) is 4.92 Å². The van der Waals surface area contributed by atoms with Gasteiger partial charge in [0.25, 0.3) is 5.69 Å². The van der Waals surface area contributed by atoms with Crippen molar-refractivity contribution < 1.29 is 4.92 Å². The third-order valence-corrected chi connectivity index (χ3v) is 2.77. The largest absolute Gasteiger partial charge is 0.381 e. The van der Waals surface area contributed by atoms with E-state index < -0.39 is 4.92 Å². The number of rotatable bonds is 5. The minimum Gasteiger partial charge on any atom is -0.381 e. The normalized spacial score (nSPS) is 10.6. The van der Waals surface area contributed by atoms with E-state index in [1.165, 1.54) is 12.1 Å². The molecule has 0 atom stereocenters. The van der Waals surface area contributed by atoms with E-state index in [1.54, 1.807) is 6.07 Å². The number of nitrogens with two attached hydrogens (primary N) is 1. The van der Waals surface area contributed by atoms with Crippen molar-refractivity contribution in [2.75, 3.05) is 18.4 Å². The average molecular weight is 333 g/mol. The molecular weight excluding hydrogens is 321 g/mol. The molecule has 0 saturated carbocycles. The van der Waals surface area contributed by atoms with Gasteiger partial charge in [-0.15, -0.1) is 0 Å². The van der Waals surface area contributed by atoms with Crippen LogP contribution in [0.5, 0.6) is 0 Å². The molecule has 3 N–H and O–H groups in total. The van der Waals surface area contributed by atoms with E-state index in [1.807, 2.05) is 12.2 Å². The summed E-state index contributed by atoms with van der Waals surface area (Å²) in [5.41, 5.74) is 6.29. The number of nitrogens with zero attached hydrogens (tertiary/aromatic N) is 1. The zero-order valence-electron chi connectivity index (χ0n) is 8.52. The molecule has 1 aromatic rings. The number of hydrogen-bond acceptors (Lipinski definition) is 4. The molecule has 16 heavy (non-hydrogen) atoms. The standard InChI is InChI=1S/C10H12IN3O2/c11-9-7-8(14(15)16)3-4-10(9)13-6-2-1-5-12/h1-4,7,13H,5-6,12H2/b2-1+. The third-order valence-electron chi connectivity index (χ3n) is 1.88. The minimum absolute atomic E-state index is 0.104. The van der Waals surface area contributed by atoms with Crippen LogP contribution in [0, 0.1) is 13.7 Å². The van der Waals surface area contributed by atoms with Gasteiger partial charge in [0, 0.05) is 34.5 Å². The van der Waals surface area contributed by atoms with Crippen molar-refractivity contribution in [3.05, 3.63) is 44.0 Å². The predicted molar refractivity (Wildman–Crippen MR) is 72.5 cm³/mol. The Bertz CT molecular complexity index is 407. The van der Waals surface area contributed by atoms with E-state index >= 15 is 0 Å². The first-order valence-electron chi connectivity index (χ1n) is 4.68. The molecule has 0 aliphatic rings. The lowest BCUT2D eigenvalue weighted by Gasteiger charge is -2.05. The second-order valence-corrected chi connectivity index (χ2v) is 4.17. The van der Waals surface area contributed by atoms with Crippen LogP contribution in [0.25, 0.3) is 0 Å². The van der Waals surface area contributed by atoms with E-state index in [0.717, 1.165) is 9.26 Å². The van der Waals surface area contributed by atoms with Crippen molar-refractivity contribution in [3.63, 3.8) is 0 Å². The Morgan fingerprint density at radius 1 is 1.50 bits per heavy atom. The summed E-state index contributed by atoms with van der Waals surface area (Å²) in [6.45, 7) is 1.17. The van der Waals surface area contributed by atoms with Crippen LogP contribution in [0.3, 0.4) is 0 Å². The molecule has 0 unspecified atom stereocenters. The molecule has 0 bridgehead atoms. The molecule has 0 amide bonds. The highest BCUT2D eigenvalue weighted by Crippen LogP contribution is 2.23. The molecular formula is C10H12IN3O2. The van der Waals surface area contributed by atoms with Crippen molar-refractivity contribution >= 4 is 34.0 Å². The summed E-state index contributed by atoms with van der Waals surface area (Å²) in [5, 5.41) is 13.7. The fourth-order valence-corrected chi connectivity index (χ4v) is 1.80. The SMILES string of the molecule is NC/C=C/CNc1ccc([N+](=O)[O-])cc1I. The van der Waals surface area contributed by atoms with Gasteiger partial charge in [-0.05, 0) is 28.7 Å². The fraction of sp³-hybridized carbons (Fsp3) is 0.200. The van der Waals surface area contributed by atoms with E-state index in [0.29, 0.717) is 13.1 Å². The zero-order chi connectivity index (χ0) is 12.0. The van der Waals surface area contributed by atoms with Crippen molar-refractivity contribution in [2.45, 2.75) is 0 Å². The number of hydrogen-bond donors (Lipinski definition) is 2. The Balaban J connectivity index is 2.68. The predicted octanol–water partition coefficient (Wildman–Crippen LogP) is 2.13.